The first-order valence-electron chi connectivity index (χ1n) is 13.0. The van der Waals surface area contributed by atoms with Gasteiger partial charge in [0.25, 0.3) is 0 Å². The number of fused-ring (bicyclic) bond motifs is 4. The average Bonchev–Trinajstić information content (AvgIpc) is 2.81. The second-order valence-electron chi connectivity index (χ2n) is 10.6. The molecule has 0 unspecified atom stereocenters. The molecule has 0 aliphatic carbocycles. The summed E-state index contributed by atoms with van der Waals surface area (Å²) in [7, 11) is 0. The van der Waals surface area contributed by atoms with Gasteiger partial charge in [0.15, 0.2) is 0 Å². The zero-order valence-electron chi connectivity index (χ0n) is 19.5. The van der Waals surface area contributed by atoms with Crippen LogP contribution in [0.1, 0.15) is 63.4 Å². The lowest BCUT2D eigenvalue weighted by Crippen LogP contribution is -2.62. The lowest BCUT2D eigenvalue weighted by Gasteiger charge is -2.55. The molecule has 2 bridgehead atoms. The molecule has 4 fully saturated rings. The quantitative estimate of drug-likeness (QED) is 0.681. The Morgan fingerprint density at radius 3 is 2.72 bits per heavy atom. The topological polar surface area (TPSA) is 43.9 Å². The van der Waals surface area contributed by atoms with Crippen LogP contribution in [0.5, 0.6) is 0 Å². The van der Waals surface area contributed by atoms with E-state index in [2.05, 4.69) is 40.1 Å². The molecule has 4 atom stereocenters. The van der Waals surface area contributed by atoms with Gasteiger partial charge in [-0.05, 0) is 62.3 Å². The van der Waals surface area contributed by atoms with Crippen LogP contribution in [0.4, 0.5) is 0 Å². The van der Waals surface area contributed by atoms with Crippen molar-refractivity contribution in [3.05, 3.63) is 35.9 Å². The molecule has 0 spiro atoms. The highest BCUT2D eigenvalue weighted by atomic mass is 16.2. The predicted molar refractivity (Wildman–Crippen MR) is 126 cm³/mol. The molecule has 1 aromatic rings. The number of benzene rings is 1. The van der Waals surface area contributed by atoms with Crippen molar-refractivity contribution in [1.82, 2.24) is 14.7 Å². The van der Waals surface area contributed by atoms with Gasteiger partial charge in [0.05, 0.1) is 0 Å². The summed E-state index contributed by atoms with van der Waals surface area (Å²) in [5.41, 5.74) is 1.46. The molecule has 5 rings (SSSR count). The van der Waals surface area contributed by atoms with Crippen molar-refractivity contribution < 1.29 is 9.59 Å². The van der Waals surface area contributed by atoms with Gasteiger partial charge >= 0.3 is 0 Å². The third kappa shape index (κ3) is 4.88. The first-order chi connectivity index (χ1) is 15.7. The second-order valence-corrected chi connectivity index (χ2v) is 10.6. The molecule has 4 saturated heterocycles. The van der Waals surface area contributed by atoms with Gasteiger partial charge in [0.2, 0.25) is 11.8 Å². The molecule has 174 valence electrons. The molecular weight excluding hydrogens is 398 g/mol. The van der Waals surface area contributed by atoms with Gasteiger partial charge in [-0.15, -0.1) is 0 Å². The molecule has 0 radical (unpaired) electrons. The highest BCUT2D eigenvalue weighted by molar-refractivity contribution is 5.77. The molecule has 2 amide bonds. The molecule has 4 aliphatic heterocycles. The molecule has 0 N–H and O–H groups in total. The smallest absolute Gasteiger partial charge is 0.222 e. The summed E-state index contributed by atoms with van der Waals surface area (Å²) in [6.45, 7) is 4.66. The standard InChI is InChI=1S/C27H39N3O2/c31-26-12-4-5-14-28(26)15-7-13-27(32)29-18-22-16-23(20-29)25-11-6-10-24(30(25)19-22)17-21-8-2-1-3-9-21/h1-3,8-9,22-25H,4-7,10-20H2/t22-,23+,24+,25-/m0/s1. The fourth-order valence-electron chi connectivity index (χ4n) is 6.90. The van der Waals surface area contributed by atoms with Crippen molar-refractivity contribution in [2.24, 2.45) is 11.8 Å². The van der Waals surface area contributed by atoms with Gasteiger partial charge in [0.1, 0.15) is 0 Å². The van der Waals surface area contributed by atoms with Crippen molar-refractivity contribution >= 4 is 11.8 Å². The van der Waals surface area contributed by atoms with Crippen molar-refractivity contribution in [3.63, 3.8) is 0 Å². The number of rotatable bonds is 6. The number of hydrogen-bond acceptors (Lipinski definition) is 3. The van der Waals surface area contributed by atoms with Crippen molar-refractivity contribution in [2.45, 2.75) is 76.3 Å². The summed E-state index contributed by atoms with van der Waals surface area (Å²) >= 11 is 0. The summed E-state index contributed by atoms with van der Waals surface area (Å²) < 4.78 is 0. The van der Waals surface area contributed by atoms with E-state index < -0.39 is 0 Å². The van der Waals surface area contributed by atoms with Crippen molar-refractivity contribution in [3.8, 4) is 0 Å². The normalized spacial score (nSPS) is 30.8. The number of likely N-dealkylation sites (tertiary alicyclic amines) is 2. The Kier molecular flexibility index (Phi) is 6.82. The number of nitrogens with zero attached hydrogens (tertiary/aromatic N) is 3. The van der Waals surface area contributed by atoms with Crippen LogP contribution in [-0.2, 0) is 16.0 Å². The third-order valence-corrected chi connectivity index (χ3v) is 8.42. The lowest BCUT2D eigenvalue weighted by atomic mass is 9.74. The van der Waals surface area contributed by atoms with E-state index in [1.54, 1.807) is 0 Å². The van der Waals surface area contributed by atoms with Crippen LogP contribution in [-0.4, -0.2) is 71.3 Å². The van der Waals surface area contributed by atoms with E-state index >= 15 is 0 Å². The fraction of sp³-hybridized carbons (Fsp3) is 0.704. The third-order valence-electron chi connectivity index (χ3n) is 8.42. The van der Waals surface area contributed by atoms with Crippen molar-refractivity contribution in [1.29, 1.82) is 0 Å². The van der Waals surface area contributed by atoms with Crippen molar-refractivity contribution in [2.75, 3.05) is 32.7 Å². The molecule has 4 heterocycles. The van der Waals surface area contributed by atoms with Crippen LogP contribution in [0, 0.1) is 11.8 Å². The molecule has 5 heteroatoms. The van der Waals surface area contributed by atoms with Crippen LogP contribution in [0.15, 0.2) is 30.3 Å². The Bertz CT molecular complexity index is 797. The van der Waals surface area contributed by atoms with E-state index in [0.717, 1.165) is 58.4 Å². The first kappa shape index (κ1) is 21.9. The minimum Gasteiger partial charge on any atom is -0.343 e. The lowest BCUT2D eigenvalue weighted by molar-refractivity contribution is -0.140. The average molecular weight is 438 g/mol. The van der Waals surface area contributed by atoms with Crippen LogP contribution in [0.3, 0.4) is 0 Å². The van der Waals surface area contributed by atoms with Crippen LogP contribution in [0.25, 0.3) is 0 Å². The van der Waals surface area contributed by atoms with E-state index in [-0.39, 0.29) is 5.91 Å². The number of hydrogen-bond donors (Lipinski definition) is 0. The van der Waals surface area contributed by atoms with Gasteiger partial charge in [0, 0.05) is 57.6 Å². The summed E-state index contributed by atoms with van der Waals surface area (Å²) in [6.07, 6.45) is 10.6. The highest BCUT2D eigenvalue weighted by Crippen LogP contribution is 2.40. The van der Waals surface area contributed by atoms with Gasteiger partial charge in [-0.3, -0.25) is 14.5 Å². The zero-order chi connectivity index (χ0) is 21.9. The monoisotopic (exact) mass is 437 g/mol. The summed E-state index contributed by atoms with van der Waals surface area (Å²) in [5.74, 6) is 1.84. The second kappa shape index (κ2) is 9.94. The molecule has 1 aromatic carbocycles. The number of carbonyl (C=O) groups is 2. The maximum absolute atomic E-state index is 13.0. The van der Waals surface area contributed by atoms with Gasteiger partial charge < -0.3 is 9.80 Å². The van der Waals surface area contributed by atoms with E-state index in [4.69, 9.17) is 0 Å². The number of amides is 2. The number of carbonyl (C=O) groups excluding carboxylic acids is 2. The zero-order valence-corrected chi connectivity index (χ0v) is 19.5. The predicted octanol–water partition coefficient (Wildman–Crippen LogP) is 3.72. The Hall–Kier alpha value is -1.88. The molecule has 32 heavy (non-hydrogen) atoms. The molecule has 0 aromatic heterocycles. The summed E-state index contributed by atoms with van der Waals surface area (Å²) in [6, 6.07) is 12.3. The van der Waals surface area contributed by atoms with Gasteiger partial charge in [-0.25, -0.2) is 0 Å². The summed E-state index contributed by atoms with van der Waals surface area (Å²) in [5, 5.41) is 0. The first-order valence-corrected chi connectivity index (χ1v) is 13.0. The number of piperidine rings is 4. The maximum Gasteiger partial charge on any atom is 0.222 e. The van der Waals surface area contributed by atoms with Crippen LogP contribution >= 0.6 is 0 Å². The Labute approximate surface area is 193 Å². The van der Waals surface area contributed by atoms with Gasteiger partial charge in [-0.2, -0.15) is 0 Å². The molecule has 4 aliphatic rings. The Balaban J connectivity index is 1.15. The van der Waals surface area contributed by atoms with E-state index in [1.165, 1.54) is 31.2 Å². The molecular formula is C27H39N3O2. The largest absolute Gasteiger partial charge is 0.343 e. The SMILES string of the molecule is O=C1CCCCN1CCCC(=O)N1C[C@@H]2C[C@H](C1)[C@@H]1CCC[C@H](Cc3ccccc3)N1C2. The van der Waals surface area contributed by atoms with Crippen LogP contribution < -0.4 is 0 Å². The van der Waals surface area contributed by atoms with E-state index in [1.807, 2.05) is 4.90 Å². The van der Waals surface area contributed by atoms with Gasteiger partial charge in [-0.1, -0.05) is 36.8 Å². The Morgan fingerprint density at radius 2 is 1.88 bits per heavy atom. The fourth-order valence-corrected chi connectivity index (χ4v) is 6.90. The molecule has 5 nitrogen and oxygen atoms in total. The summed E-state index contributed by atoms with van der Waals surface area (Å²) in [4.78, 5) is 32.0. The van der Waals surface area contributed by atoms with Crippen LogP contribution in [0.2, 0.25) is 0 Å². The Morgan fingerprint density at radius 1 is 1.00 bits per heavy atom. The molecule has 0 saturated carbocycles. The van der Waals surface area contributed by atoms with E-state index in [9.17, 15) is 9.59 Å². The van der Waals surface area contributed by atoms with E-state index in [0.29, 0.717) is 42.7 Å². The minimum atomic E-state index is 0.277. The minimum absolute atomic E-state index is 0.277. The maximum atomic E-state index is 13.0. The highest BCUT2D eigenvalue weighted by Gasteiger charge is 2.45.